The molecule has 0 aromatic heterocycles. The zero-order valence-electron chi connectivity index (χ0n) is 17.8. The van der Waals surface area contributed by atoms with Crippen molar-refractivity contribution >= 4 is 11.9 Å². The third-order valence-corrected chi connectivity index (χ3v) is 5.89. The molecule has 0 saturated heterocycles. The van der Waals surface area contributed by atoms with E-state index in [0.717, 1.165) is 43.4 Å². The predicted molar refractivity (Wildman–Crippen MR) is 120 cm³/mol. The number of nitrogens with one attached hydrogen (secondary N) is 3. The van der Waals surface area contributed by atoms with Gasteiger partial charge in [0.1, 0.15) is 0 Å². The molecule has 3 rings (SSSR count). The molecule has 3 amide bonds. The van der Waals surface area contributed by atoms with Gasteiger partial charge in [-0.15, -0.1) is 0 Å². The van der Waals surface area contributed by atoms with Gasteiger partial charge in [-0.3, -0.25) is 4.79 Å². The number of aryl methyl sites for hydroxylation is 1. The molecule has 1 aliphatic carbocycles. The van der Waals surface area contributed by atoms with Crippen molar-refractivity contribution < 1.29 is 9.59 Å². The van der Waals surface area contributed by atoms with Crippen molar-refractivity contribution in [1.82, 2.24) is 16.0 Å². The summed E-state index contributed by atoms with van der Waals surface area (Å²) in [4.78, 5) is 24.2. The molecule has 1 saturated carbocycles. The number of amides is 3. The molecule has 3 N–H and O–H groups in total. The molecule has 0 heterocycles. The second kappa shape index (κ2) is 11.4. The van der Waals surface area contributed by atoms with Gasteiger partial charge in [0.2, 0.25) is 5.91 Å². The van der Waals surface area contributed by atoms with Gasteiger partial charge >= 0.3 is 6.03 Å². The summed E-state index contributed by atoms with van der Waals surface area (Å²) in [6.45, 7) is 4.06. The van der Waals surface area contributed by atoms with Gasteiger partial charge in [-0.2, -0.15) is 0 Å². The summed E-state index contributed by atoms with van der Waals surface area (Å²) in [5.74, 6) is 1.15. The molecule has 1 aliphatic rings. The van der Waals surface area contributed by atoms with E-state index in [1.165, 1.54) is 5.56 Å². The Morgan fingerprint density at radius 2 is 1.37 bits per heavy atom. The van der Waals surface area contributed by atoms with Crippen LogP contribution in [0.3, 0.4) is 0 Å². The van der Waals surface area contributed by atoms with Crippen molar-refractivity contribution in [2.75, 3.05) is 13.1 Å². The standard InChI is InChI=1S/C25H33N3O2/c1-19-7-9-21(10-8-19)17-27-25(30)28-18-23-13-11-22(12-14-23)16-26-24(29)15-20-5-3-2-4-6-20/h2-10,22-23H,11-18H2,1H3,(H,26,29)(H2,27,28,30). The summed E-state index contributed by atoms with van der Waals surface area (Å²) in [5, 5.41) is 9.01. The molecule has 2 aromatic rings. The number of carbonyl (C=O) groups is 2. The normalized spacial score (nSPS) is 18.4. The van der Waals surface area contributed by atoms with Gasteiger partial charge in [-0.25, -0.2) is 4.79 Å². The lowest BCUT2D eigenvalue weighted by Gasteiger charge is -2.28. The second-order valence-electron chi connectivity index (χ2n) is 8.40. The SMILES string of the molecule is Cc1ccc(CNC(=O)NCC2CCC(CNC(=O)Cc3ccccc3)CC2)cc1. The van der Waals surface area contributed by atoms with E-state index >= 15 is 0 Å². The van der Waals surface area contributed by atoms with Crippen molar-refractivity contribution in [3.63, 3.8) is 0 Å². The van der Waals surface area contributed by atoms with Crippen molar-refractivity contribution in [2.24, 2.45) is 11.8 Å². The molecule has 0 atom stereocenters. The van der Waals surface area contributed by atoms with E-state index in [9.17, 15) is 9.59 Å². The average molecular weight is 408 g/mol. The van der Waals surface area contributed by atoms with Gasteiger partial charge in [-0.05, 0) is 55.6 Å². The summed E-state index contributed by atoms with van der Waals surface area (Å²) in [6, 6.07) is 17.9. The smallest absolute Gasteiger partial charge is 0.315 e. The molecular formula is C25H33N3O2. The minimum atomic E-state index is -0.106. The van der Waals surface area contributed by atoms with Crippen LogP contribution in [-0.4, -0.2) is 25.0 Å². The number of carbonyl (C=O) groups excluding carboxylic acids is 2. The maximum absolute atomic E-state index is 12.1. The Labute approximate surface area is 179 Å². The molecule has 160 valence electrons. The zero-order valence-corrected chi connectivity index (χ0v) is 17.8. The summed E-state index contributed by atoms with van der Waals surface area (Å²) in [7, 11) is 0. The molecule has 2 aromatic carbocycles. The monoisotopic (exact) mass is 407 g/mol. The maximum atomic E-state index is 12.1. The molecule has 0 unspecified atom stereocenters. The van der Waals surface area contributed by atoms with Crippen molar-refractivity contribution in [1.29, 1.82) is 0 Å². The van der Waals surface area contributed by atoms with Crippen LogP contribution in [0.1, 0.15) is 42.4 Å². The van der Waals surface area contributed by atoms with Crippen LogP contribution < -0.4 is 16.0 Å². The third kappa shape index (κ3) is 7.54. The Hall–Kier alpha value is -2.82. The highest BCUT2D eigenvalue weighted by Crippen LogP contribution is 2.27. The minimum absolute atomic E-state index is 0.0928. The predicted octanol–water partition coefficient (Wildman–Crippen LogP) is 3.96. The first-order chi connectivity index (χ1) is 14.6. The first kappa shape index (κ1) is 21.9. The van der Waals surface area contributed by atoms with Crippen molar-refractivity contribution in [3.8, 4) is 0 Å². The van der Waals surface area contributed by atoms with Crippen LogP contribution in [-0.2, 0) is 17.8 Å². The Bertz CT molecular complexity index is 797. The minimum Gasteiger partial charge on any atom is -0.356 e. The second-order valence-corrected chi connectivity index (χ2v) is 8.40. The molecule has 30 heavy (non-hydrogen) atoms. The lowest BCUT2D eigenvalue weighted by Crippen LogP contribution is -2.39. The van der Waals surface area contributed by atoms with E-state index in [4.69, 9.17) is 0 Å². The summed E-state index contributed by atoms with van der Waals surface area (Å²) < 4.78 is 0. The Kier molecular flexibility index (Phi) is 8.30. The first-order valence-corrected chi connectivity index (χ1v) is 11.0. The highest BCUT2D eigenvalue weighted by molar-refractivity contribution is 5.78. The van der Waals surface area contributed by atoms with Gasteiger partial charge in [0.25, 0.3) is 0 Å². The van der Waals surface area contributed by atoms with Gasteiger partial charge in [-0.1, -0.05) is 60.2 Å². The molecular weight excluding hydrogens is 374 g/mol. The first-order valence-electron chi connectivity index (χ1n) is 11.0. The van der Waals surface area contributed by atoms with Crippen LogP contribution in [0.15, 0.2) is 54.6 Å². The van der Waals surface area contributed by atoms with E-state index < -0.39 is 0 Å². The van der Waals surface area contributed by atoms with Crippen LogP contribution in [0.2, 0.25) is 0 Å². The quantitative estimate of drug-likeness (QED) is 0.620. The molecule has 0 aliphatic heterocycles. The molecule has 0 bridgehead atoms. The van der Waals surface area contributed by atoms with Gasteiger partial charge in [0, 0.05) is 19.6 Å². The van der Waals surface area contributed by atoms with Crippen LogP contribution in [0.25, 0.3) is 0 Å². The fourth-order valence-corrected chi connectivity index (χ4v) is 3.93. The van der Waals surface area contributed by atoms with Gasteiger partial charge in [0.05, 0.1) is 6.42 Å². The Morgan fingerprint density at radius 1 is 0.767 bits per heavy atom. The number of benzene rings is 2. The number of hydrogen-bond donors (Lipinski definition) is 3. The van der Waals surface area contributed by atoms with E-state index in [0.29, 0.717) is 31.3 Å². The van der Waals surface area contributed by atoms with Crippen LogP contribution in [0.5, 0.6) is 0 Å². The van der Waals surface area contributed by atoms with Crippen LogP contribution in [0, 0.1) is 18.8 Å². The highest BCUT2D eigenvalue weighted by Gasteiger charge is 2.22. The van der Waals surface area contributed by atoms with Crippen molar-refractivity contribution in [3.05, 3.63) is 71.3 Å². The Morgan fingerprint density at radius 3 is 2.00 bits per heavy atom. The number of hydrogen-bond acceptors (Lipinski definition) is 2. The number of urea groups is 1. The van der Waals surface area contributed by atoms with Crippen LogP contribution >= 0.6 is 0 Å². The average Bonchev–Trinajstić information content (AvgIpc) is 2.77. The highest BCUT2D eigenvalue weighted by atomic mass is 16.2. The van der Waals surface area contributed by atoms with Gasteiger partial charge in [0.15, 0.2) is 0 Å². The third-order valence-electron chi connectivity index (χ3n) is 5.89. The van der Waals surface area contributed by atoms with E-state index in [2.05, 4.69) is 35.0 Å². The van der Waals surface area contributed by atoms with Crippen LogP contribution in [0.4, 0.5) is 4.79 Å². The number of rotatable bonds is 8. The molecule has 0 spiro atoms. The van der Waals surface area contributed by atoms with E-state index in [1.807, 2.05) is 42.5 Å². The zero-order chi connectivity index (χ0) is 21.2. The fourth-order valence-electron chi connectivity index (χ4n) is 3.93. The summed E-state index contributed by atoms with van der Waals surface area (Å²) in [6.07, 6.45) is 4.83. The molecule has 5 nitrogen and oxygen atoms in total. The van der Waals surface area contributed by atoms with Gasteiger partial charge < -0.3 is 16.0 Å². The summed E-state index contributed by atoms with van der Waals surface area (Å²) in [5.41, 5.74) is 3.37. The van der Waals surface area contributed by atoms with E-state index in [-0.39, 0.29) is 11.9 Å². The maximum Gasteiger partial charge on any atom is 0.315 e. The molecule has 5 heteroatoms. The lowest BCUT2D eigenvalue weighted by atomic mass is 9.82. The Balaban J connectivity index is 1.26. The molecule has 0 radical (unpaired) electrons. The topological polar surface area (TPSA) is 70.2 Å². The molecule has 1 fully saturated rings. The largest absolute Gasteiger partial charge is 0.356 e. The summed E-state index contributed by atoms with van der Waals surface area (Å²) >= 11 is 0. The van der Waals surface area contributed by atoms with E-state index in [1.54, 1.807) is 0 Å². The van der Waals surface area contributed by atoms with Crippen molar-refractivity contribution in [2.45, 2.75) is 45.6 Å². The lowest BCUT2D eigenvalue weighted by molar-refractivity contribution is -0.120. The fraction of sp³-hybridized carbons (Fsp3) is 0.440.